The Labute approximate surface area is 111 Å². The highest BCUT2D eigenvalue weighted by Crippen LogP contribution is 2.41. The summed E-state index contributed by atoms with van der Waals surface area (Å²) in [5.74, 6) is -1.13. The van der Waals surface area contributed by atoms with Gasteiger partial charge in [-0.05, 0) is 25.5 Å². The van der Waals surface area contributed by atoms with Crippen molar-refractivity contribution in [3.63, 3.8) is 0 Å². The van der Waals surface area contributed by atoms with E-state index in [1.807, 2.05) is 6.26 Å². The third-order valence-corrected chi connectivity index (χ3v) is 5.00. The van der Waals surface area contributed by atoms with Crippen molar-refractivity contribution in [1.29, 1.82) is 0 Å². The van der Waals surface area contributed by atoms with Crippen LogP contribution in [0.15, 0.2) is 0 Å². The van der Waals surface area contributed by atoms with Crippen LogP contribution in [0.5, 0.6) is 0 Å². The van der Waals surface area contributed by atoms with Gasteiger partial charge in [-0.3, -0.25) is 4.79 Å². The lowest BCUT2D eigenvalue weighted by molar-refractivity contribution is -0.142. The first-order valence-corrected chi connectivity index (χ1v) is 7.65. The number of nitrogens with one attached hydrogen (secondary N) is 1. The second-order valence-corrected chi connectivity index (χ2v) is 6.39. The average molecular weight is 272 g/mol. The Kier molecular flexibility index (Phi) is 4.04. The van der Waals surface area contributed by atoms with E-state index in [0.717, 1.165) is 12.8 Å². The second-order valence-electron chi connectivity index (χ2n) is 5.12. The number of carboxylic acids is 1. The number of hydrogen-bond donors (Lipinski definition) is 2. The summed E-state index contributed by atoms with van der Waals surface area (Å²) >= 11 is 1.70. The van der Waals surface area contributed by atoms with Gasteiger partial charge in [-0.25, -0.2) is 4.79 Å². The molecule has 2 fully saturated rings. The van der Waals surface area contributed by atoms with Crippen LogP contribution in [0.4, 0.5) is 4.79 Å². The Morgan fingerprint density at radius 1 is 1.50 bits per heavy atom. The minimum atomic E-state index is -0.766. The minimum absolute atomic E-state index is 0.0906. The van der Waals surface area contributed by atoms with Crippen molar-refractivity contribution < 1.29 is 14.7 Å². The zero-order chi connectivity index (χ0) is 13.3. The van der Waals surface area contributed by atoms with E-state index in [9.17, 15) is 9.59 Å². The Bertz CT molecular complexity index is 350. The lowest BCUT2D eigenvalue weighted by Crippen LogP contribution is -2.45. The molecule has 2 amide bonds. The van der Waals surface area contributed by atoms with Crippen molar-refractivity contribution in [3.05, 3.63) is 0 Å². The van der Waals surface area contributed by atoms with Gasteiger partial charge in [0.15, 0.2) is 0 Å². The van der Waals surface area contributed by atoms with Crippen LogP contribution in [-0.2, 0) is 4.79 Å². The Morgan fingerprint density at radius 3 is 2.78 bits per heavy atom. The summed E-state index contributed by atoms with van der Waals surface area (Å²) in [6.07, 6.45) is 4.40. The standard InChI is InChI=1S/C12H20N2O3S/c1-7(18-2)6-13-12(17)14-8-3-4-10(14)9(5-8)11(15)16/h7-10H,3-6H2,1-2H3,(H,13,17)(H,15,16). The van der Waals surface area contributed by atoms with Crippen LogP contribution in [0.25, 0.3) is 0 Å². The number of carboxylic acid groups (broad SMARTS) is 1. The van der Waals surface area contributed by atoms with E-state index in [4.69, 9.17) is 5.11 Å². The molecule has 4 atom stereocenters. The Morgan fingerprint density at radius 2 is 2.22 bits per heavy atom. The summed E-state index contributed by atoms with van der Waals surface area (Å²) in [5.41, 5.74) is 0. The maximum absolute atomic E-state index is 12.1. The van der Waals surface area contributed by atoms with Crippen molar-refractivity contribution in [1.82, 2.24) is 10.2 Å². The SMILES string of the molecule is CSC(C)CNC(=O)N1C2CCC1C(C(=O)O)C2. The summed E-state index contributed by atoms with van der Waals surface area (Å²) in [6.45, 7) is 2.69. The molecule has 0 aromatic carbocycles. The molecule has 0 aromatic rings. The molecule has 5 nitrogen and oxygen atoms in total. The van der Waals surface area contributed by atoms with Gasteiger partial charge in [-0.2, -0.15) is 11.8 Å². The molecule has 0 aromatic heterocycles. The minimum Gasteiger partial charge on any atom is -0.481 e. The molecule has 4 unspecified atom stereocenters. The fourth-order valence-electron chi connectivity index (χ4n) is 2.98. The fourth-order valence-corrected chi connectivity index (χ4v) is 3.23. The van der Waals surface area contributed by atoms with Crippen molar-refractivity contribution in [3.8, 4) is 0 Å². The van der Waals surface area contributed by atoms with Gasteiger partial charge in [-0.1, -0.05) is 6.92 Å². The number of carbonyl (C=O) groups is 2. The summed E-state index contributed by atoms with van der Waals surface area (Å²) in [4.78, 5) is 25.0. The van der Waals surface area contributed by atoms with Gasteiger partial charge in [0.1, 0.15) is 0 Å². The number of rotatable bonds is 4. The summed E-state index contributed by atoms with van der Waals surface area (Å²) in [7, 11) is 0. The average Bonchev–Trinajstić information content (AvgIpc) is 2.92. The fraction of sp³-hybridized carbons (Fsp3) is 0.833. The number of aliphatic carboxylic acids is 1. The Hall–Kier alpha value is -0.910. The van der Waals surface area contributed by atoms with E-state index in [2.05, 4.69) is 12.2 Å². The molecule has 2 aliphatic heterocycles. The van der Waals surface area contributed by atoms with E-state index < -0.39 is 5.97 Å². The van der Waals surface area contributed by atoms with E-state index >= 15 is 0 Å². The van der Waals surface area contributed by atoms with Gasteiger partial charge < -0.3 is 15.3 Å². The molecular weight excluding hydrogens is 252 g/mol. The van der Waals surface area contributed by atoms with Gasteiger partial charge in [0.25, 0.3) is 0 Å². The van der Waals surface area contributed by atoms with E-state index in [1.54, 1.807) is 16.7 Å². The normalized spacial score (nSPS) is 31.4. The van der Waals surface area contributed by atoms with Gasteiger partial charge in [-0.15, -0.1) is 0 Å². The number of urea groups is 1. The molecule has 2 bridgehead atoms. The predicted octanol–water partition coefficient (Wildman–Crippen LogP) is 1.38. The molecule has 18 heavy (non-hydrogen) atoms. The monoisotopic (exact) mass is 272 g/mol. The summed E-state index contributed by atoms with van der Waals surface area (Å²) in [6, 6.07) is -0.0649. The van der Waals surface area contributed by atoms with Crippen LogP contribution in [0, 0.1) is 5.92 Å². The number of hydrogen-bond acceptors (Lipinski definition) is 3. The van der Waals surface area contributed by atoms with Crippen molar-refractivity contribution >= 4 is 23.8 Å². The van der Waals surface area contributed by atoms with E-state index in [1.165, 1.54) is 0 Å². The molecule has 2 N–H and O–H groups in total. The van der Waals surface area contributed by atoms with Crippen LogP contribution in [-0.4, -0.2) is 52.1 Å². The number of nitrogens with zero attached hydrogens (tertiary/aromatic N) is 1. The van der Waals surface area contributed by atoms with Crippen LogP contribution >= 0.6 is 11.8 Å². The van der Waals surface area contributed by atoms with Gasteiger partial charge in [0.05, 0.1) is 5.92 Å². The number of amides is 2. The molecule has 2 heterocycles. The first kappa shape index (κ1) is 13.5. The summed E-state index contributed by atoms with van der Waals surface area (Å²) < 4.78 is 0. The van der Waals surface area contributed by atoms with Crippen LogP contribution in [0.2, 0.25) is 0 Å². The van der Waals surface area contributed by atoms with E-state index in [0.29, 0.717) is 18.2 Å². The molecule has 102 valence electrons. The van der Waals surface area contributed by atoms with Crippen molar-refractivity contribution in [2.75, 3.05) is 12.8 Å². The number of fused-ring (bicyclic) bond motifs is 2. The van der Waals surface area contributed by atoms with Crippen LogP contribution < -0.4 is 5.32 Å². The topological polar surface area (TPSA) is 69.6 Å². The number of carbonyl (C=O) groups excluding carboxylic acids is 1. The van der Waals surface area contributed by atoms with Gasteiger partial charge in [0, 0.05) is 23.9 Å². The molecule has 2 aliphatic rings. The predicted molar refractivity (Wildman–Crippen MR) is 70.8 cm³/mol. The lowest BCUT2D eigenvalue weighted by Gasteiger charge is -2.24. The zero-order valence-corrected chi connectivity index (χ0v) is 11.6. The third-order valence-electron chi connectivity index (χ3n) is 4.03. The zero-order valence-electron chi connectivity index (χ0n) is 10.8. The maximum atomic E-state index is 12.1. The Balaban J connectivity index is 1.93. The second kappa shape index (κ2) is 5.38. The highest BCUT2D eigenvalue weighted by atomic mass is 32.2. The highest BCUT2D eigenvalue weighted by molar-refractivity contribution is 7.99. The van der Waals surface area contributed by atoms with Gasteiger partial charge in [0.2, 0.25) is 0 Å². The number of thioether (sulfide) groups is 1. The molecule has 6 heteroatoms. The molecule has 2 saturated heterocycles. The first-order chi connectivity index (χ1) is 8.54. The highest BCUT2D eigenvalue weighted by Gasteiger charge is 2.51. The van der Waals surface area contributed by atoms with Crippen molar-refractivity contribution in [2.45, 2.75) is 43.5 Å². The lowest BCUT2D eigenvalue weighted by atomic mass is 9.89. The first-order valence-electron chi connectivity index (χ1n) is 6.36. The van der Waals surface area contributed by atoms with Crippen LogP contribution in [0.3, 0.4) is 0 Å². The van der Waals surface area contributed by atoms with Crippen molar-refractivity contribution in [2.24, 2.45) is 5.92 Å². The third kappa shape index (κ3) is 2.43. The molecule has 0 saturated carbocycles. The molecular formula is C12H20N2O3S. The maximum Gasteiger partial charge on any atom is 0.317 e. The molecule has 2 rings (SSSR count). The van der Waals surface area contributed by atoms with Crippen LogP contribution in [0.1, 0.15) is 26.2 Å². The molecule has 0 spiro atoms. The molecule has 0 radical (unpaired) electrons. The smallest absolute Gasteiger partial charge is 0.317 e. The van der Waals surface area contributed by atoms with Gasteiger partial charge >= 0.3 is 12.0 Å². The molecule has 0 aliphatic carbocycles. The summed E-state index contributed by atoms with van der Waals surface area (Å²) in [5, 5.41) is 12.4. The quantitative estimate of drug-likeness (QED) is 0.811. The van der Waals surface area contributed by atoms with E-state index in [-0.39, 0.29) is 24.0 Å². The largest absolute Gasteiger partial charge is 0.481 e.